The van der Waals surface area contributed by atoms with Gasteiger partial charge in [0.25, 0.3) is 10.0 Å². The lowest BCUT2D eigenvalue weighted by atomic mass is 10.1. The molecule has 0 radical (unpaired) electrons. The third-order valence-electron chi connectivity index (χ3n) is 6.25. The predicted molar refractivity (Wildman–Crippen MR) is 147 cm³/mol. The van der Waals surface area contributed by atoms with Crippen LogP contribution in [0.1, 0.15) is 30.5 Å². The van der Waals surface area contributed by atoms with E-state index in [9.17, 15) is 35.6 Å². The molecule has 3 aromatic carbocycles. The number of hydrogen-bond donors (Lipinski definition) is 1. The van der Waals surface area contributed by atoms with Gasteiger partial charge >= 0.3 is 6.18 Å². The van der Waals surface area contributed by atoms with E-state index in [2.05, 4.69) is 5.32 Å². The molecule has 2 amide bonds. The van der Waals surface area contributed by atoms with E-state index in [0.29, 0.717) is 10.4 Å². The quantitative estimate of drug-likeness (QED) is 0.304. The third kappa shape index (κ3) is 7.56. The molecule has 1 atom stereocenters. The summed E-state index contributed by atoms with van der Waals surface area (Å²) in [5, 5.41) is 1.90. The average Bonchev–Trinajstić information content (AvgIpc) is 2.91. The largest absolute Gasteiger partial charge is 0.417 e. The summed E-state index contributed by atoms with van der Waals surface area (Å²) in [6.07, 6.45) is -4.92. The fourth-order valence-corrected chi connectivity index (χ4v) is 5.60. The van der Waals surface area contributed by atoms with Crippen molar-refractivity contribution in [3.05, 3.63) is 94.3 Å². The molecule has 13 heteroatoms. The molecule has 0 aliphatic carbocycles. The number of nitrogens with zero attached hydrogens (tertiary/aromatic N) is 2. The van der Waals surface area contributed by atoms with Crippen molar-refractivity contribution < 1.29 is 35.6 Å². The Morgan fingerprint density at radius 3 is 2.24 bits per heavy atom. The zero-order chi connectivity index (χ0) is 30.5. The fourth-order valence-electron chi connectivity index (χ4n) is 3.97. The van der Waals surface area contributed by atoms with Gasteiger partial charge in [-0.25, -0.2) is 12.8 Å². The maximum atomic E-state index is 14.5. The molecule has 41 heavy (non-hydrogen) atoms. The molecule has 7 nitrogen and oxygen atoms in total. The SMILES string of the molecule is CCNC(=O)C(C)N(Cc1ccccc1F)C(=O)CN(c1ccc(Cl)c(C(F)(F)F)c1)S(=O)(=O)c1ccc(C)cc1. The second-order valence-electron chi connectivity index (χ2n) is 9.17. The molecule has 0 saturated carbocycles. The number of likely N-dealkylation sites (N-methyl/N-ethyl adjacent to an activating group) is 1. The van der Waals surface area contributed by atoms with Crippen LogP contribution in [0.4, 0.5) is 23.2 Å². The summed E-state index contributed by atoms with van der Waals surface area (Å²) in [6.45, 7) is 3.58. The molecule has 3 aromatic rings. The Hall–Kier alpha value is -3.64. The zero-order valence-corrected chi connectivity index (χ0v) is 23.9. The molecule has 0 heterocycles. The Kier molecular flexibility index (Phi) is 10.0. The van der Waals surface area contributed by atoms with Gasteiger partial charge < -0.3 is 10.2 Å². The van der Waals surface area contributed by atoms with Crippen molar-refractivity contribution in [2.75, 3.05) is 17.4 Å². The smallest absolute Gasteiger partial charge is 0.355 e. The molecule has 0 spiro atoms. The zero-order valence-electron chi connectivity index (χ0n) is 22.4. The van der Waals surface area contributed by atoms with Gasteiger partial charge in [0, 0.05) is 18.7 Å². The summed E-state index contributed by atoms with van der Waals surface area (Å²) in [6, 6.07) is 12.3. The van der Waals surface area contributed by atoms with E-state index < -0.39 is 69.2 Å². The average molecular weight is 614 g/mol. The maximum absolute atomic E-state index is 14.5. The summed E-state index contributed by atoms with van der Waals surface area (Å²) < 4.78 is 83.6. The van der Waals surface area contributed by atoms with Gasteiger partial charge in [-0.3, -0.25) is 13.9 Å². The van der Waals surface area contributed by atoms with Crippen LogP contribution in [0.2, 0.25) is 5.02 Å². The van der Waals surface area contributed by atoms with Gasteiger partial charge in [0.1, 0.15) is 18.4 Å². The van der Waals surface area contributed by atoms with Gasteiger partial charge in [-0.1, -0.05) is 47.5 Å². The van der Waals surface area contributed by atoms with Crippen LogP contribution in [0.3, 0.4) is 0 Å². The Balaban J connectivity index is 2.14. The molecule has 0 aliphatic rings. The molecule has 0 bridgehead atoms. The molecule has 220 valence electrons. The number of alkyl halides is 3. The van der Waals surface area contributed by atoms with Crippen LogP contribution in [0.5, 0.6) is 0 Å². The van der Waals surface area contributed by atoms with Crippen LogP contribution in [-0.4, -0.2) is 44.3 Å². The van der Waals surface area contributed by atoms with Gasteiger partial charge in [-0.05, 0) is 57.2 Å². The van der Waals surface area contributed by atoms with Crippen LogP contribution in [0, 0.1) is 12.7 Å². The minimum absolute atomic E-state index is 0.0517. The van der Waals surface area contributed by atoms with Gasteiger partial charge in [0.2, 0.25) is 11.8 Å². The van der Waals surface area contributed by atoms with Gasteiger partial charge in [0.05, 0.1) is 21.2 Å². The number of hydrogen-bond acceptors (Lipinski definition) is 4. The minimum Gasteiger partial charge on any atom is -0.355 e. The summed E-state index contributed by atoms with van der Waals surface area (Å²) in [7, 11) is -4.61. The van der Waals surface area contributed by atoms with Crippen LogP contribution >= 0.6 is 11.6 Å². The van der Waals surface area contributed by atoms with Crippen LogP contribution in [0.25, 0.3) is 0 Å². The highest BCUT2D eigenvalue weighted by Gasteiger charge is 2.37. The first kappa shape index (κ1) is 31.9. The maximum Gasteiger partial charge on any atom is 0.417 e. The lowest BCUT2D eigenvalue weighted by Gasteiger charge is -2.32. The van der Waals surface area contributed by atoms with E-state index >= 15 is 0 Å². The van der Waals surface area contributed by atoms with Crippen LogP contribution in [-0.2, 0) is 32.3 Å². The van der Waals surface area contributed by atoms with Crippen molar-refractivity contribution in [3.8, 4) is 0 Å². The summed E-state index contributed by atoms with van der Waals surface area (Å²) >= 11 is 5.76. The Bertz CT molecular complexity index is 1520. The van der Waals surface area contributed by atoms with Crippen molar-refractivity contribution in [1.82, 2.24) is 10.2 Å². The molecule has 0 saturated heterocycles. The molecule has 1 N–H and O–H groups in total. The first-order chi connectivity index (χ1) is 19.2. The topological polar surface area (TPSA) is 86.8 Å². The van der Waals surface area contributed by atoms with Crippen molar-refractivity contribution in [2.24, 2.45) is 0 Å². The second-order valence-corrected chi connectivity index (χ2v) is 11.4. The van der Waals surface area contributed by atoms with Crippen molar-refractivity contribution in [1.29, 1.82) is 0 Å². The summed E-state index contributed by atoms with van der Waals surface area (Å²) in [5.41, 5.74) is -1.00. The number of nitrogens with one attached hydrogen (secondary N) is 1. The van der Waals surface area contributed by atoms with Gasteiger partial charge in [-0.2, -0.15) is 13.2 Å². The van der Waals surface area contributed by atoms with Gasteiger partial charge in [0.15, 0.2) is 0 Å². The molecule has 0 aliphatic heterocycles. The standard InChI is InChI=1S/C28H28ClF4N3O4S/c1-4-34-27(38)19(3)35(16-20-7-5-6-8-25(20)30)26(37)17-36(41(39,40)22-12-9-18(2)10-13-22)21-11-14-24(29)23(15-21)28(31,32)33/h5-15,19H,4,16-17H2,1-3H3,(H,34,38). The number of rotatable bonds is 10. The lowest BCUT2D eigenvalue weighted by molar-refractivity contribution is -0.139. The molecule has 0 aromatic heterocycles. The number of benzene rings is 3. The van der Waals surface area contributed by atoms with E-state index in [-0.39, 0.29) is 17.0 Å². The van der Waals surface area contributed by atoms with Crippen molar-refractivity contribution in [3.63, 3.8) is 0 Å². The molecule has 3 rings (SSSR count). The fraction of sp³-hybridized carbons (Fsp3) is 0.286. The highest BCUT2D eigenvalue weighted by molar-refractivity contribution is 7.92. The van der Waals surface area contributed by atoms with Crippen LogP contribution < -0.4 is 9.62 Å². The Morgan fingerprint density at radius 1 is 1.02 bits per heavy atom. The third-order valence-corrected chi connectivity index (χ3v) is 8.37. The lowest BCUT2D eigenvalue weighted by Crippen LogP contribution is -2.51. The Labute approximate surface area is 240 Å². The number of aryl methyl sites for hydroxylation is 1. The second kappa shape index (κ2) is 12.9. The van der Waals surface area contributed by atoms with E-state index in [1.54, 1.807) is 13.8 Å². The molecular formula is C28H28ClF4N3O4S. The highest BCUT2D eigenvalue weighted by atomic mass is 35.5. The minimum atomic E-state index is -4.92. The first-order valence-corrected chi connectivity index (χ1v) is 14.2. The number of carbonyl (C=O) groups excluding carboxylic acids is 2. The van der Waals surface area contributed by atoms with Gasteiger partial charge in [-0.15, -0.1) is 0 Å². The predicted octanol–water partition coefficient (Wildman–Crippen LogP) is 5.56. The number of halogens is 5. The molecular weight excluding hydrogens is 586 g/mol. The van der Waals surface area contributed by atoms with E-state index in [1.807, 2.05) is 0 Å². The summed E-state index contributed by atoms with van der Waals surface area (Å²) in [5.74, 6) is -2.20. The van der Waals surface area contributed by atoms with E-state index in [4.69, 9.17) is 11.6 Å². The van der Waals surface area contributed by atoms with Crippen molar-refractivity contribution in [2.45, 2.75) is 44.4 Å². The number of sulfonamides is 1. The normalized spacial score (nSPS) is 12.5. The molecule has 1 unspecified atom stereocenters. The highest BCUT2D eigenvalue weighted by Crippen LogP contribution is 2.38. The number of amides is 2. The number of anilines is 1. The molecule has 0 fully saturated rings. The first-order valence-electron chi connectivity index (χ1n) is 12.4. The van der Waals surface area contributed by atoms with Crippen LogP contribution in [0.15, 0.2) is 71.6 Å². The van der Waals surface area contributed by atoms with E-state index in [1.165, 1.54) is 49.4 Å². The van der Waals surface area contributed by atoms with Crippen molar-refractivity contribution >= 4 is 39.1 Å². The monoisotopic (exact) mass is 613 g/mol. The summed E-state index contributed by atoms with van der Waals surface area (Å²) in [4.78, 5) is 27.1. The Morgan fingerprint density at radius 2 is 1.66 bits per heavy atom. The van der Waals surface area contributed by atoms with E-state index in [0.717, 1.165) is 28.7 Å². The number of carbonyl (C=O) groups is 2.